The molecule has 0 aliphatic carbocycles. The summed E-state index contributed by atoms with van der Waals surface area (Å²) in [4.78, 5) is 8.98. The molecule has 0 aliphatic heterocycles. The van der Waals surface area contributed by atoms with E-state index in [0.717, 1.165) is 28.9 Å². The standard InChI is InChI=1S/C18H19FN4O2S/c1-2-17-22-16-6-4-3-5-15(16)18(23-17)20-11-12-21-26(24,25)14-9-7-13(19)8-10-14/h3-10,21H,2,11-12H2,1H3,(H,20,22,23). The lowest BCUT2D eigenvalue weighted by Gasteiger charge is -2.11. The van der Waals surface area contributed by atoms with Gasteiger partial charge in [-0.3, -0.25) is 0 Å². The number of nitrogens with one attached hydrogen (secondary N) is 2. The number of halogens is 1. The second-order valence-electron chi connectivity index (χ2n) is 5.64. The zero-order valence-corrected chi connectivity index (χ0v) is 15.1. The van der Waals surface area contributed by atoms with Crippen LogP contribution in [0.25, 0.3) is 10.9 Å². The molecule has 0 unspecified atom stereocenters. The number of hydrogen-bond donors (Lipinski definition) is 2. The molecule has 3 aromatic rings. The molecule has 0 bridgehead atoms. The third-order valence-corrected chi connectivity index (χ3v) is 5.28. The van der Waals surface area contributed by atoms with Crippen LogP contribution >= 0.6 is 0 Å². The molecule has 26 heavy (non-hydrogen) atoms. The second-order valence-corrected chi connectivity index (χ2v) is 7.40. The van der Waals surface area contributed by atoms with Gasteiger partial charge >= 0.3 is 0 Å². The highest BCUT2D eigenvalue weighted by Gasteiger charge is 2.13. The molecule has 0 saturated heterocycles. The molecular weight excluding hydrogens is 355 g/mol. The molecule has 0 atom stereocenters. The Morgan fingerprint density at radius 2 is 1.73 bits per heavy atom. The van der Waals surface area contributed by atoms with Gasteiger partial charge in [-0.2, -0.15) is 0 Å². The summed E-state index contributed by atoms with van der Waals surface area (Å²) in [5.74, 6) is 0.916. The van der Waals surface area contributed by atoms with Gasteiger partial charge in [-0.05, 0) is 36.4 Å². The fraction of sp³-hybridized carbons (Fsp3) is 0.222. The number of aryl methyl sites for hydroxylation is 1. The molecule has 0 aliphatic rings. The summed E-state index contributed by atoms with van der Waals surface area (Å²) in [6, 6.07) is 12.3. The maximum atomic E-state index is 12.9. The largest absolute Gasteiger partial charge is 0.368 e. The van der Waals surface area contributed by atoms with Crippen LogP contribution in [0.2, 0.25) is 0 Å². The van der Waals surface area contributed by atoms with E-state index in [0.29, 0.717) is 18.8 Å². The third-order valence-electron chi connectivity index (χ3n) is 3.80. The first kappa shape index (κ1) is 18.2. The van der Waals surface area contributed by atoms with E-state index in [1.54, 1.807) is 0 Å². The van der Waals surface area contributed by atoms with Gasteiger partial charge in [0.2, 0.25) is 10.0 Å². The molecule has 0 fully saturated rings. The normalized spacial score (nSPS) is 11.6. The Kier molecular flexibility index (Phi) is 5.43. The first-order valence-corrected chi connectivity index (χ1v) is 9.72. The zero-order valence-electron chi connectivity index (χ0n) is 14.2. The Morgan fingerprint density at radius 3 is 2.46 bits per heavy atom. The molecule has 8 heteroatoms. The van der Waals surface area contributed by atoms with Crippen LogP contribution in [-0.2, 0) is 16.4 Å². The summed E-state index contributed by atoms with van der Waals surface area (Å²) in [6.45, 7) is 2.49. The van der Waals surface area contributed by atoms with Gasteiger partial charge in [0.05, 0.1) is 10.4 Å². The number of hydrogen-bond acceptors (Lipinski definition) is 5. The Balaban J connectivity index is 1.67. The SMILES string of the molecule is CCc1nc(NCCNS(=O)(=O)c2ccc(F)cc2)c2ccccc2n1. The van der Waals surface area contributed by atoms with Crippen molar-refractivity contribution in [1.82, 2.24) is 14.7 Å². The van der Waals surface area contributed by atoms with Crippen molar-refractivity contribution in [1.29, 1.82) is 0 Å². The fourth-order valence-electron chi connectivity index (χ4n) is 2.48. The van der Waals surface area contributed by atoms with Gasteiger partial charge in [0.15, 0.2) is 0 Å². The second kappa shape index (κ2) is 7.76. The topological polar surface area (TPSA) is 84.0 Å². The highest BCUT2D eigenvalue weighted by molar-refractivity contribution is 7.89. The van der Waals surface area contributed by atoms with Crippen molar-refractivity contribution in [2.75, 3.05) is 18.4 Å². The highest BCUT2D eigenvalue weighted by atomic mass is 32.2. The lowest BCUT2D eigenvalue weighted by molar-refractivity contribution is 0.582. The van der Waals surface area contributed by atoms with Gasteiger partial charge in [0, 0.05) is 24.9 Å². The number of para-hydroxylation sites is 1. The molecule has 0 amide bonds. The summed E-state index contributed by atoms with van der Waals surface area (Å²) in [6.07, 6.45) is 0.705. The van der Waals surface area contributed by atoms with Crippen LogP contribution in [-0.4, -0.2) is 31.5 Å². The van der Waals surface area contributed by atoms with Crippen molar-refractivity contribution in [3.8, 4) is 0 Å². The van der Waals surface area contributed by atoms with Crippen molar-refractivity contribution in [3.63, 3.8) is 0 Å². The van der Waals surface area contributed by atoms with Gasteiger partial charge in [-0.25, -0.2) is 27.5 Å². The number of anilines is 1. The van der Waals surface area contributed by atoms with Crippen LogP contribution in [0.15, 0.2) is 53.4 Å². The number of benzene rings is 2. The first-order valence-electron chi connectivity index (χ1n) is 8.24. The maximum absolute atomic E-state index is 12.9. The predicted molar refractivity (Wildman–Crippen MR) is 99.0 cm³/mol. The fourth-order valence-corrected chi connectivity index (χ4v) is 3.51. The lowest BCUT2D eigenvalue weighted by Crippen LogP contribution is -2.29. The summed E-state index contributed by atoms with van der Waals surface area (Å²) >= 11 is 0. The van der Waals surface area contributed by atoms with Crippen LogP contribution in [0, 0.1) is 5.82 Å². The van der Waals surface area contributed by atoms with Crippen LogP contribution in [0.5, 0.6) is 0 Å². The molecule has 6 nitrogen and oxygen atoms in total. The average molecular weight is 374 g/mol. The molecule has 1 aromatic heterocycles. The smallest absolute Gasteiger partial charge is 0.240 e. The van der Waals surface area contributed by atoms with Crippen LogP contribution < -0.4 is 10.0 Å². The number of nitrogens with zero attached hydrogens (tertiary/aromatic N) is 2. The van der Waals surface area contributed by atoms with Gasteiger partial charge in [0.25, 0.3) is 0 Å². The number of rotatable bonds is 7. The molecule has 0 spiro atoms. The minimum atomic E-state index is -3.68. The monoisotopic (exact) mass is 374 g/mol. The van der Waals surface area contributed by atoms with Gasteiger partial charge in [-0.15, -0.1) is 0 Å². The van der Waals surface area contributed by atoms with Gasteiger partial charge < -0.3 is 5.32 Å². The van der Waals surface area contributed by atoms with Crippen molar-refractivity contribution in [2.24, 2.45) is 0 Å². The van der Waals surface area contributed by atoms with E-state index in [1.165, 1.54) is 12.1 Å². The van der Waals surface area contributed by atoms with E-state index >= 15 is 0 Å². The van der Waals surface area contributed by atoms with E-state index in [9.17, 15) is 12.8 Å². The van der Waals surface area contributed by atoms with Crippen LogP contribution in [0.4, 0.5) is 10.2 Å². The molecule has 2 N–H and O–H groups in total. The van der Waals surface area contributed by atoms with Crippen molar-refractivity contribution < 1.29 is 12.8 Å². The highest BCUT2D eigenvalue weighted by Crippen LogP contribution is 2.20. The van der Waals surface area contributed by atoms with E-state index in [1.807, 2.05) is 31.2 Å². The molecule has 0 saturated carbocycles. The Hall–Kier alpha value is -2.58. The van der Waals surface area contributed by atoms with Crippen LogP contribution in [0.3, 0.4) is 0 Å². The predicted octanol–water partition coefficient (Wildman–Crippen LogP) is 2.72. The summed E-state index contributed by atoms with van der Waals surface area (Å²) in [7, 11) is -3.68. The summed E-state index contributed by atoms with van der Waals surface area (Å²) in [5, 5.41) is 4.04. The van der Waals surface area contributed by atoms with Crippen molar-refractivity contribution in [3.05, 3.63) is 60.2 Å². The summed E-state index contributed by atoms with van der Waals surface area (Å²) < 4.78 is 39.8. The number of sulfonamides is 1. The molecule has 0 radical (unpaired) electrons. The molecule has 136 valence electrons. The van der Waals surface area contributed by atoms with Gasteiger partial charge in [-0.1, -0.05) is 19.1 Å². The Labute approximate surface area is 151 Å². The van der Waals surface area contributed by atoms with Crippen LogP contribution in [0.1, 0.15) is 12.7 Å². The lowest BCUT2D eigenvalue weighted by atomic mass is 10.2. The zero-order chi connectivity index (χ0) is 18.6. The molecule has 3 rings (SSSR count). The number of aromatic nitrogens is 2. The molecule has 2 aromatic carbocycles. The molecule has 1 heterocycles. The average Bonchev–Trinajstić information content (AvgIpc) is 2.65. The maximum Gasteiger partial charge on any atom is 0.240 e. The number of fused-ring (bicyclic) bond motifs is 1. The minimum absolute atomic E-state index is 0.0275. The Morgan fingerprint density at radius 1 is 1.00 bits per heavy atom. The minimum Gasteiger partial charge on any atom is -0.368 e. The third kappa shape index (κ3) is 4.14. The summed E-state index contributed by atoms with van der Waals surface area (Å²) in [5.41, 5.74) is 0.841. The van der Waals surface area contributed by atoms with Crippen molar-refractivity contribution >= 4 is 26.7 Å². The van der Waals surface area contributed by atoms with Gasteiger partial charge in [0.1, 0.15) is 17.5 Å². The molecular formula is C18H19FN4O2S. The van der Waals surface area contributed by atoms with E-state index in [-0.39, 0.29) is 11.4 Å². The first-order chi connectivity index (χ1) is 12.5. The Bertz CT molecular complexity index is 1010. The quantitative estimate of drug-likeness (QED) is 0.621. The van der Waals surface area contributed by atoms with E-state index in [2.05, 4.69) is 20.0 Å². The van der Waals surface area contributed by atoms with Crippen molar-refractivity contribution in [2.45, 2.75) is 18.2 Å². The van der Waals surface area contributed by atoms with E-state index in [4.69, 9.17) is 0 Å². The van der Waals surface area contributed by atoms with E-state index < -0.39 is 15.8 Å².